The number of hydrogen-bond acceptors (Lipinski definition) is 15. The molecule has 0 bridgehead atoms. The first-order chi connectivity index (χ1) is 23.1. The largest absolute Gasteiger partial charge is 0.450 e. The molecule has 48 heavy (non-hydrogen) atoms. The van der Waals surface area contributed by atoms with Crippen LogP contribution in [-0.4, -0.2) is 149 Å². The Labute approximate surface area is 287 Å². The topological polar surface area (TPSA) is 203 Å². The maximum atomic E-state index is 13.2. The molecule has 0 spiro atoms. The third kappa shape index (κ3) is 10.4. The fourth-order valence-electron chi connectivity index (χ4n) is 5.05. The monoisotopic (exact) mass is 716 g/mol. The third-order valence-electron chi connectivity index (χ3n) is 7.71. The normalized spacial score (nSPS) is 30.6. The summed E-state index contributed by atoms with van der Waals surface area (Å²) in [6.45, 7) is -0.491. The molecule has 2 heterocycles. The summed E-state index contributed by atoms with van der Waals surface area (Å²) in [6.07, 6.45) is -15.2. The van der Waals surface area contributed by atoms with Crippen LogP contribution in [0.4, 0.5) is 0 Å². The van der Waals surface area contributed by atoms with Gasteiger partial charge < -0.3 is 63.8 Å². The predicted octanol–water partition coefficient (Wildman–Crippen LogP) is -0.0133. The summed E-state index contributed by atoms with van der Waals surface area (Å²) in [5.41, 5.74) is 1.07. The SMILES string of the molecule is O=C(O[C@H]1[C@H](OCCOCCOCCC(=S)c2ccccc2)O[C@H](CO)[C@H](O)[C@@H]1O[C@H]1O[C@H](CO)[C@H](O)[C@H](O)[C@H]1O)c1ccc(Cl)cc1. The van der Waals surface area contributed by atoms with Gasteiger partial charge in [0.15, 0.2) is 18.7 Å². The van der Waals surface area contributed by atoms with E-state index in [2.05, 4.69) is 0 Å². The number of thiocarbonyl (C=S) groups is 1. The highest BCUT2D eigenvalue weighted by Crippen LogP contribution is 2.31. The van der Waals surface area contributed by atoms with E-state index in [4.69, 9.17) is 57.0 Å². The lowest BCUT2D eigenvalue weighted by molar-refractivity contribution is -0.359. The molecule has 2 aromatic rings. The summed E-state index contributed by atoms with van der Waals surface area (Å²) in [7, 11) is 0. The number of aliphatic hydroxyl groups is 6. The van der Waals surface area contributed by atoms with E-state index >= 15 is 0 Å². The smallest absolute Gasteiger partial charge is 0.338 e. The van der Waals surface area contributed by atoms with Crippen LogP contribution in [-0.2, 0) is 33.2 Å². The van der Waals surface area contributed by atoms with E-state index in [-0.39, 0.29) is 25.4 Å². The van der Waals surface area contributed by atoms with Gasteiger partial charge in [-0.15, -0.1) is 0 Å². The number of carbonyl (C=O) groups excluding carboxylic acids is 1. The van der Waals surface area contributed by atoms with Crippen molar-refractivity contribution in [3.8, 4) is 0 Å². The summed E-state index contributed by atoms with van der Waals surface area (Å²) in [4.78, 5) is 13.9. The highest BCUT2D eigenvalue weighted by molar-refractivity contribution is 7.80. The maximum Gasteiger partial charge on any atom is 0.338 e. The van der Waals surface area contributed by atoms with E-state index in [0.717, 1.165) is 10.4 Å². The van der Waals surface area contributed by atoms with Gasteiger partial charge in [0, 0.05) is 16.3 Å². The minimum absolute atomic E-state index is 0.0636. The number of aliphatic hydroxyl groups excluding tert-OH is 6. The van der Waals surface area contributed by atoms with Gasteiger partial charge in [0.1, 0.15) is 42.7 Å². The molecule has 14 nitrogen and oxygen atoms in total. The second-order valence-corrected chi connectivity index (χ2v) is 12.0. The van der Waals surface area contributed by atoms with Crippen LogP contribution in [0.25, 0.3) is 0 Å². The Hall–Kier alpha value is -2.19. The molecule has 0 amide bonds. The first kappa shape index (κ1) is 38.6. The molecule has 6 N–H and O–H groups in total. The number of ether oxygens (including phenoxy) is 7. The van der Waals surface area contributed by atoms with Gasteiger partial charge in [-0.2, -0.15) is 0 Å². The molecule has 2 aliphatic heterocycles. The van der Waals surface area contributed by atoms with Crippen molar-refractivity contribution in [1.82, 2.24) is 0 Å². The number of benzene rings is 2. The van der Waals surface area contributed by atoms with E-state index in [1.807, 2.05) is 30.3 Å². The molecule has 2 aromatic carbocycles. The number of esters is 1. The fourth-order valence-corrected chi connectivity index (χ4v) is 5.39. The molecule has 2 aliphatic rings. The van der Waals surface area contributed by atoms with Gasteiger partial charge in [0.2, 0.25) is 0 Å². The standard InChI is InChI=1S/C32H41ClO14S/c33-20-8-6-19(7-9-20)30(40)46-29-28(47-31-27(39)26(38)24(36)21(16-34)44-31)25(37)22(17-35)45-32(29)43-15-14-42-13-12-41-11-10-23(48)18-4-2-1-3-5-18/h1-9,21-22,24-29,31-32,34-39H,10-17H2/t21-,22-,24+,25+,26+,27-,28+,29-,31-,32-/m1/s1. The van der Waals surface area contributed by atoms with Crippen LogP contribution in [0.5, 0.6) is 0 Å². The van der Waals surface area contributed by atoms with Crippen molar-refractivity contribution in [2.75, 3.05) is 46.2 Å². The van der Waals surface area contributed by atoms with Crippen LogP contribution < -0.4 is 0 Å². The first-order valence-corrected chi connectivity index (χ1v) is 16.2. The first-order valence-electron chi connectivity index (χ1n) is 15.4. The molecular formula is C32H41ClO14S. The Bertz CT molecular complexity index is 1270. The second-order valence-electron chi connectivity index (χ2n) is 11.0. The van der Waals surface area contributed by atoms with E-state index in [0.29, 0.717) is 24.7 Å². The zero-order valence-electron chi connectivity index (χ0n) is 25.9. The van der Waals surface area contributed by atoms with Gasteiger partial charge in [0.25, 0.3) is 0 Å². The molecular weight excluding hydrogens is 676 g/mol. The van der Waals surface area contributed by atoms with Gasteiger partial charge in [-0.3, -0.25) is 0 Å². The van der Waals surface area contributed by atoms with E-state index < -0.39 is 80.6 Å². The Kier molecular flexibility index (Phi) is 15.5. The zero-order valence-corrected chi connectivity index (χ0v) is 27.4. The molecule has 0 saturated carbocycles. The lowest BCUT2D eigenvalue weighted by Gasteiger charge is -2.46. The number of hydrogen-bond donors (Lipinski definition) is 6. The minimum atomic E-state index is -1.83. The van der Waals surface area contributed by atoms with Crippen LogP contribution in [0.1, 0.15) is 22.3 Å². The van der Waals surface area contributed by atoms with Crippen LogP contribution in [0.2, 0.25) is 5.02 Å². The van der Waals surface area contributed by atoms with Gasteiger partial charge in [0.05, 0.1) is 51.8 Å². The summed E-state index contributed by atoms with van der Waals surface area (Å²) >= 11 is 11.4. The predicted molar refractivity (Wildman–Crippen MR) is 171 cm³/mol. The van der Waals surface area contributed by atoms with Gasteiger partial charge >= 0.3 is 5.97 Å². The molecule has 0 radical (unpaired) electrons. The quantitative estimate of drug-likeness (QED) is 0.0552. The highest BCUT2D eigenvalue weighted by Gasteiger charge is 2.52. The third-order valence-corrected chi connectivity index (χ3v) is 8.40. The van der Waals surface area contributed by atoms with Crippen molar-refractivity contribution in [2.24, 2.45) is 0 Å². The zero-order chi connectivity index (χ0) is 34.6. The molecule has 4 rings (SSSR count). The summed E-state index contributed by atoms with van der Waals surface area (Å²) in [6, 6.07) is 15.4. The Morgan fingerprint density at radius 3 is 1.98 bits per heavy atom. The molecule has 2 fully saturated rings. The van der Waals surface area contributed by atoms with E-state index in [1.54, 1.807) is 0 Å². The number of rotatable bonds is 17. The molecule has 16 heteroatoms. The lowest BCUT2D eigenvalue weighted by atomic mass is 9.96. The minimum Gasteiger partial charge on any atom is -0.450 e. The molecule has 10 atom stereocenters. The number of carbonyl (C=O) groups is 1. The van der Waals surface area contributed by atoms with Crippen LogP contribution >= 0.6 is 23.8 Å². The van der Waals surface area contributed by atoms with E-state index in [9.17, 15) is 35.4 Å². The second kappa shape index (κ2) is 19.3. The van der Waals surface area contributed by atoms with Crippen molar-refractivity contribution in [3.05, 3.63) is 70.7 Å². The van der Waals surface area contributed by atoms with Crippen LogP contribution in [0.3, 0.4) is 0 Å². The molecule has 266 valence electrons. The van der Waals surface area contributed by atoms with Crippen molar-refractivity contribution in [3.63, 3.8) is 0 Å². The summed E-state index contributed by atoms with van der Waals surface area (Å²) in [5.74, 6) is -0.869. The average molecular weight is 717 g/mol. The summed E-state index contributed by atoms with van der Waals surface area (Å²) in [5, 5.41) is 62.0. The summed E-state index contributed by atoms with van der Waals surface area (Å²) < 4.78 is 39.7. The number of halogens is 1. The van der Waals surface area contributed by atoms with Gasteiger partial charge in [-0.05, 0) is 29.8 Å². The highest BCUT2D eigenvalue weighted by atomic mass is 35.5. The lowest BCUT2D eigenvalue weighted by Crippen LogP contribution is -2.65. The average Bonchev–Trinajstić information content (AvgIpc) is 3.10. The van der Waals surface area contributed by atoms with Crippen LogP contribution in [0, 0.1) is 0 Å². The van der Waals surface area contributed by atoms with Crippen molar-refractivity contribution in [1.29, 1.82) is 0 Å². The molecule has 0 aromatic heterocycles. The molecule has 0 unspecified atom stereocenters. The van der Waals surface area contributed by atoms with Crippen molar-refractivity contribution in [2.45, 2.75) is 67.8 Å². The molecule has 0 aliphatic carbocycles. The van der Waals surface area contributed by atoms with Gasteiger partial charge in [-0.1, -0.05) is 54.2 Å². The van der Waals surface area contributed by atoms with Crippen molar-refractivity contribution >= 4 is 34.7 Å². The van der Waals surface area contributed by atoms with Crippen LogP contribution in [0.15, 0.2) is 54.6 Å². The molecule has 2 saturated heterocycles. The fraction of sp³-hybridized carbons (Fsp3) is 0.562. The van der Waals surface area contributed by atoms with Gasteiger partial charge in [-0.25, -0.2) is 4.79 Å². The Morgan fingerprint density at radius 1 is 0.708 bits per heavy atom. The Balaban J connectivity index is 1.37. The van der Waals surface area contributed by atoms with Crippen molar-refractivity contribution < 1.29 is 68.6 Å². The maximum absolute atomic E-state index is 13.2. The van der Waals surface area contributed by atoms with E-state index in [1.165, 1.54) is 24.3 Å². The Morgan fingerprint density at radius 2 is 1.31 bits per heavy atom.